The molecule has 0 aliphatic heterocycles. The maximum absolute atomic E-state index is 5.86. The summed E-state index contributed by atoms with van der Waals surface area (Å²) in [6.07, 6.45) is 5.42. The fourth-order valence-corrected chi connectivity index (χ4v) is 3.18. The predicted octanol–water partition coefficient (Wildman–Crippen LogP) is 5.42. The van der Waals surface area contributed by atoms with Gasteiger partial charge in [-0.1, -0.05) is 45.3 Å². The lowest BCUT2D eigenvalue weighted by Crippen LogP contribution is -1.95. The number of benzene rings is 2. The normalized spacial score (nSPS) is 10.7. The van der Waals surface area contributed by atoms with Crippen molar-refractivity contribution in [2.45, 2.75) is 12.8 Å². The molecule has 0 saturated heterocycles. The van der Waals surface area contributed by atoms with Crippen LogP contribution in [0.15, 0.2) is 81.9 Å². The van der Waals surface area contributed by atoms with Gasteiger partial charge < -0.3 is 9.73 Å². The van der Waals surface area contributed by atoms with Gasteiger partial charge in [0.05, 0.1) is 0 Å². The van der Waals surface area contributed by atoms with E-state index in [0.29, 0.717) is 11.9 Å². The van der Waals surface area contributed by atoms with Crippen molar-refractivity contribution in [3.05, 3.63) is 88.7 Å². The molecule has 0 atom stereocenters. The van der Waals surface area contributed by atoms with Crippen LogP contribution in [-0.4, -0.2) is 15.2 Å². The summed E-state index contributed by atoms with van der Waals surface area (Å²) in [4.78, 5) is 4.07. The van der Waals surface area contributed by atoms with E-state index in [1.807, 2.05) is 67.0 Å². The lowest BCUT2D eigenvalue weighted by atomic mass is 10.0. The number of nitrogens with zero attached hydrogens (tertiary/aromatic N) is 3. The molecule has 27 heavy (non-hydrogen) atoms. The molecule has 2 heterocycles. The van der Waals surface area contributed by atoms with Crippen LogP contribution in [0.25, 0.3) is 11.5 Å². The molecule has 0 saturated carbocycles. The Kier molecular flexibility index (Phi) is 5.25. The fraction of sp³-hybridized carbons (Fsp3) is 0.0952. The van der Waals surface area contributed by atoms with Crippen molar-refractivity contribution in [2.75, 3.05) is 5.32 Å². The average molecular weight is 421 g/mol. The highest BCUT2D eigenvalue weighted by molar-refractivity contribution is 9.10. The van der Waals surface area contributed by atoms with Crippen molar-refractivity contribution >= 4 is 27.6 Å². The Morgan fingerprint density at radius 2 is 1.70 bits per heavy atom. The molecule has 2 aromatic heterocycles. The van der Waals surface area contributed by atoms with E-state index < -0.39 is 0 Å². The predicted molar refractivity (Wildman–Crippen MR) is 109 cm³/mol. The quantitative estimate of drug-likeness (QED) is 0.450. The van der Waals surface area contributed by atoms with Crippen LogP contribution in [0, 0.1) is 0 Å². The number of aryl methyl sites for hydroxylation is 2. The Morgan fingerprint density at radius 1 is 0.889 bits per heavy atom. The first-order valence-corrected chi connectivity index (χ1v) is 9.40. The topological polar surface area (TPSA) is 63.8 Å². The lowest BCUT2D eigenvalue weighted by Gasteiger charge is -2.07. The molecule has 0 radical (unpaired) electrons. The Balaban J connectivity index is 1.57. The Bertz CT molecular complexity index is 1020. The average Bonchev–Trinajstić information content (AvgIpc) is 3.17. The van der Waals surface area contributed by atoms with E-state index in [4.69, 9.17) is 4.42 Å². The maximum Gasteiger partial charge on any atom is 0.320 e. The smallest absolute Gasteiger partial charge is 0.320 e. The monoisotopic (exact) mass is 420 g/mol. The maximum atomic E-state index is 5.86. The fourth-order valence-electron chi connectivity index (χ4n) is 2.82. The Morgan fingerprint density at radius 3 is 2.52 bits per heavy atom. The minimum Gasteiger partial charge on any atom is -0.403 e. The van der Waals surface area contributed by atoms with Gasteiger partial charge in [0.15, 0.2) is 0 Å². The van der Waals surface area contributed by atoms with Gasteiger partial charge in [0.25, 0.3) is 0 Å². The van der Waals surface area contributed by atoms with E-state index in [2.05, 4.69) is 42.5 Å². The van der Waals surface area contributed by atoms with Crippen molar-refractivity contribution in [3.63, 3.8) is 0 Å². The van der Waals surface area contributed by atoms with E-state index in [-0.39, 0.29) is 0 Å². The van der Waals surface area contributed by atoms with Crippen LogP contribution in [0.4, 0.5) is 11.7 Å². The minimum atomic E-state index is 0.372. The third-order valence-corrected chi connectivity index (χ3v) is 4.68. The van der Waals surface area contributed by atoms with Crippen LogP contribution < -0.4 is 5.32 Å². The molecule has 0 bridgehead atoms. The molecule has 6 heteroatoms. The molecule has 0 aliphatic rings. The van der Waals surface area contributed by atoms with Crippen LogP contribution in [0.3, 0.4) is 0 Å². The van der Waals surface area contributed by atoms with Crippen LogP contribution in [0.1, 0.15) is 11.1 Å². The van der Waals surface area contributed by atoms with Crippen molar-refractivity contribution in [1.82, 2.24) is 15.2 Å². The van der Waals surface area contributed by atoms with Crippen molar-refractivity contribution in [3.8, 4) is 11.5 Å². The molecule has 0 unspecified atom stereocenters. The Labute approximate surface area is 165 Å². The molecule has 5 nitrogen and oxygen atoms in total. The second-order valence-electron chi connectivity index (χ2n) is 6.06. The first-order chi connectivity index (χ1) is 13.3. The summed E-state index contributed by atoms with van der Waals surface area (Å²) in [7, 11) is 0. The molecule has 0 fully saturated rings. The van der Waals surface area contributed by atoms with Crippen molar-refractivity contribution in [1.29, 1.82) is 0 Å². The van der Waals surface area contributed by atoms with Crippen LogP contribution in [0.5, 0.6) is 0 Å². The molecule has 4 aromatic rings. The number of nitrogens with one attached hydrogen (secondary N) is 1. The third kappa shape index (κ3) is 4.41. The molecule has 2 aromatic carbocycles. The number of anilines is 2. The zero-order valence-corrected chi connectivity index (χ0v) is 16.1. The summed E-state index contributed by atoms with van der Waals surface area (Å²) in [6.45, 7) is 0. The molecular formula is C21H17BrN4O. The summed E-state index contributed by atoms with van der Waals surface area (Å²) in [5.41, 5.74) is 4.24. The van der Waals surface area contributed by atoms with Gasteiger partial charge in [0.2, 0.25) is 5.89 Å². The largest absolute Gasteiger partial charge is 0.403 e. The number of hydrogen-bond acceptors (Lipinski definition) is 5. The highest BCUT2D eigenvalue weighted by Crippen LogP contribution is 2.29. The van der Waals surface area contributed by atoms with Gasteiger partial charge >= 0.3 is 6.01 Å². The lowest BCUT2D eigenvalue weighted by molar-refractivity contribution is 0.586. The molecule has 0 amide bonds. The second kappa shape index (κ2) is 8.14. The highest BCUT2D eigenvalue weighted by atomic mass is 79.9. The van der Waals surface area contributed by atoms with Crippen molar-refractivity contribution in [2.24, 2.45) is 0 Å². The summed E-state index contributed by atoms with van der Waals surface area (Å²) in [5.74, 6) is 0.499. The van der Waals surface area contributed by atoms with E-state index in [1.165, 1.54) is 5.56 Å². The SMILES string of the molecule is Brc1ccc(CCc2ccncc2)c(-c2nnc(Nc3ccccc3)o2)c1. The Hall–Kier alpha value is -2.99. The van der Waals surface area contributed by atoms with Gasteiger partial charge in [-0.3, -0.25) is 4.98 Å². The van der Waals surface area contributed by atoms with E-state index in [9.17, 15) is 0 Å². The summed E-state index contributed by atoms with van der Waals surface area (Å²) < 4.78 is 6.83. The zero-order valence-electron chi connectivity index (χ0n) is 14.5. The van der Waals surface area contributed by atoms with E-state index in [1.54, 1.807) is 0 Å². The second-order valence-corrected chi connectivity index (χ2v) is 6.98. The van der Waals surface area contributed by atoms with Gasteiger partial charge in [-0.2, -0.15) is 0 Å². The molecule has 134 valence electrons. The van der Waals surface area contributed by atoms with Gasteiger partial charge in [0.1, 0.15) is 0 Å². The van der Waals surface area contributed by atoms with Gasteiger partial charge in [0, 0.05) is 28.1 Å². The summed E-state index contributed by atoms with van der Waals surface area (Å²) in [5, 5.41) is 11.5. The summed E-state index contributed by atoms with van der Waals surface area (Å²) in [6, 6.07) is 20.3. The molecule has 0 aliphatic carbocycles. The third-order valence-electron chi connectivity index (χ3n) is 4.18. The summed E-state index contributed by atoms with van der Waals surface area (Å²) >= 11 is 3.54. The van der Waals surface area contributed by atoms with Crippen LogP contribution >= 0.6 is 15.9 Å². The molecular weight excluding hydrogens is 404 g/mol. The number of hydrogen-bond donors (Lipinski definition) is 1. The molecule has 4 rings (SSSR count). The zero-order chi connectivity index (χ0) is 18.5. The van der Waals surface area contributed by atoms with E-state index >= 15 is 0 Å². The molecule has 0 spiro atoms. The molecule has 1 N–H and O–H groups in total. The van der Waals surface area contributed by atoms with Crippen molar-refractivity contribution < 1.29 is 4.42 Å². The van der Waals surface area contributed by atoms with Crippen LogP contribution in [-0.2, 0) is 12.8 Å². The van der Waals surface area contributed by atoms with E-state index in [0.717, 1.165) is 34.1 Å². The number of para-hydroxylation sites is 1. The highest BCUT2D eigenvalue weighted by Gasteiger charge is 2.14. The number of pyridine rings is 1. The van der Waals surface area contributed by atoms with Gasteiger partial charge in [-0.05, 0) is 60.4 Å². The van der Waals surface area contributed by atoms with Crippen LogP contribution in [0.2, 0.25) is 0 Å². The number of aromatic nitrogens is 3. The van der Waals surface area contributed by atoms with Gasteiger partial charge in [-0.25, -0.2) is 0 Å². The standard InChI is InChI=1S/C21H17BrN4O/c22-17-9-8-16(7-6-15-10-12-23-13-11-15)19(14-17)20-25-26-21(27-20)24-18-4-2-1-3-5-18/h1-5,8-14H,6-7H2,(H,24,26). The van der Waals surface area contributed by atoms with Gasteiger partial charge in [-0.15, -0.1) is 5.10 Å². The number of halogens is 1. The minimum absolute atomic E-state index is 0.372. The number of rotatable bonds is 6. The first kappa shape index (κ1) is 17.4. The first-order valence-electron chi connectivity index (χ1n) is 8.61.